The van der Waals surface area contributed by atoms with Crippen LogP contribution in [0, 0.1) is 12.3 Å². The van der Waals surface area contributed by atoms with Crippen molar-refractivity contribution in [3.05, 3.63) is 81.8 Å². The summed E-state index contributed by atoms with van der Waals surface area (Å²) in [5.74, 6) is 0.910. The van der Waals surface area contributed by atoms with E-state index in [4.69, 9.17) is 5.41 Å². The van der Waals surface area contributed by atoms with E-state index in [1.165, 1.54) is 11.8 Å². The second kappa shape index (κ2) is 9.47. The number of hydrogen-bond donors (Lipinski definition) is 3. The Kier molecular flexibility index (Phi) is 6.77. The highest BCUT2D eigenvalue weighted by Gasteiger charge is 2.12. The van der Waals surface area contributed by atoms with E-state index in [2.05, 4.69) is 29.1 Å². The van der Waals surface area contributed by atoms with Gasteiger partial charge in [0.05, 0.1) is 5.69 Å². The van der Waals surface area contributed by atoms with Crippen LogP contribution in [0.4, 0.5) is 11.4 Å². The van der Waals surface area contributed by atoms with E-state index < -0.39 is 0 Å². The number of pyridine rings is 1. The Balaban J connectivity index is 2.06. The zero-order valence-electron chi connectivity index (χ0n) is 17.0. The summed E-state index contributed by atoms with van der Waals surface area (Å²) < 4.78 is 4.97. The molecule has 0 saturated heterocycles. The highest BCUT2D eigenvalue weighted by Crippen LogP contribution is 2.33. The Bertz CT molecular complexity index is 1030. The van der Waals surface area contributed by atoms with Crippen molar-refractivity contribution in [3.63, 3.8) is 0 Å². The van der Waals surface area contributed by atoms with Crippen LogP contribution in [0.1, 0.15) is 23.6 Å². The Morgan fingerprint density at radius 2 is 1.83 bits per heavy atom. The quantitative estimate of drug-likeness (QED) is 0.362. The van der Waals surface area contributed by atoms with Gasteiger partial charge in [0.25, 0.3) is 5.56 Å². The molecule has 0 amide bonds. The number of nitrogens with one attached hydrogen (secondary N) is 3. The van der Waals surface area contributed by atoms with Gasteiger partial charge in [-0.15, -0.1) is 0 Å². The third-order valence-electron chi connectivity index (χ3n) is 4.67. The first-order valence-electron chi connectivity index (χ1n) is 9.55. The van der Waals surface area contributed by atoms with Crippen LogP contribution in [0.15, 0.2) is 59.5 Å². The smallest absolute Gasteiger partial charge is 0.253 e. The standard InChI is InChI=1S/C23H26N4OS/c1-4-29-26-22-12-18(19-10-16(2)23(28)27(3)15-19)11-21(20(22)13-24)25-14-17-8-6-5-7-9-17/h5-13,15,24-26H,4,14H2,1-3H3. The highest BCUT2D eigenvalue weighted by atomic mass is 32.2. The Morgan fingerprint density at radius 3 is 2.48 bits per heavy atom. The average Bonchev–Trinajstić information content (AvgIpc) is 2.74. The number of nitrogens with zero attached hydrogens (tertiary/aromatic N) is 1. The zero-order valence-corrected chi connectivity index (χ0v) is 17.8. The minimum absolute atomic E-state index is 0.00664. The van der Waals surface area contributed by atoms with Crippen molar-refractivity contribution in [2.24, 2.45) is 7.05 Å². The van der Waals surface area contributed by atoms with Crippen LogP contribution in [0.25, 0.3) is 11.1 Å². The van der Waals surface area contributed by atoms with Crippen LogP contribution in [0.2, 0.25) is 0 Å². The lowest BCUT2D eigenvalue weighted by Gasteiger charge is -2.17. The van der Waals surface area contributed by atoms with E-state index in [1.54, 1.807) is 23.6 Å². The van der Waals surface area contributed by atoms with Crippen LogP contribution < -0.4 is 15.6 Å². The lowest BCUT2D eigenvalue weighted by Crippen LogP contribution is -2.18. The summed E-state index contributed by atoms with van der Waals surface area (Å²) >= 11 is 1.59. The minimum Gasteiger partial charge on any atom is -0.380 e. The van der Waals surface area contributed by atoms with Gasteiger partial charge in [-0.05, 0) is 41.8 Å². The summed E-state index contributed by atoms with van der Waals surface area (Å²) in [5, 5.41) is 11.4. The van der Waals surface area contributed by atoms with Gasteiger partial charge in [-0.1, -0.05) is 49.2 Å². The SMILES string of the molecule is CCSNc1cc(-c2cc(C)c(=O)n(C)c2)cc(NCc2ccccc2)c1C=N. The molecule has 2 aromatic carbocycles. The number of aryl methyl sites for hydroxylation is 2. The molecule has 29 heavy (non-hydrogen) atoms. The predicted molar refractivity (Wildman–Crippen MR) is 125 cm³/mol. The summed E-state index contributed by atoms with van der Waals surface area (Å²) in [6.45, 7) is 4.58. The number of rotatable bonds is 8. The molecule has 0 fully saturated rings. The van der Waals surface area contributed by atoms with E-state index in [-0.39, 0.29) is 5.56 Å². The molecular weight excluding hydrogens is 380 g/mol. The molecule has 0 atom stereocenters. The Morgan fingerprint density at radius 1 is 1.10 bits per heavy atom. The van der Waals surface area contributed by atoms with E-state index in [0.717, 1.165) is 33.8 Å². The van der Waals surface area contributed by atoms with Crippen molar-refractivity contribution in [1.82, 2.24) is 4.57 Å². The molecule has 3 aromatic rings. The molecule has 1 aromatic heterocycles. The molecule has 3 N–H and O–H groups in total. The fraction of sp³-hybridized carbons (Fsp3) is 0.217. The second-order valence-corrected chi connectivity index (χ2v) is 7.90. The fourth-order valence-corrected chi connectivity index (χ4v) is 3.65. The van der Waals surface area contributed by atoms with Gasteiger partial charge in [0.15, 0.2) is 0 Å². The maximum atomic E-state index is 12.1. The first-order chi connectivity index (χ1) is 14.0. The highest BCUT2D eigenvalue weighted by molar-refractivity contribution is 8.00. The van der Waals surface area contributed by atoms with Crippen molar-refractivity contribution in [1.29, 1.82) is 5.41 Å². The van der Waals surface area contributed by atoms with Crippen molar-refractivity contribution >= 4 is 29.5 Å². The van der Waals surface area contributed by atoms with Crippen LogP contribution in [0.5, 0.6) is 0 Å². The number of hydrogen-bond acceptors (Lipinski definition) is 5. The van der Waals surface area contributed by atoms with Gasteiger partial charge in [0.1, 0.15) is 0 Å². The molecule has 5 nitrogen and oxygen atoms in total. The summed E-state index contributed by atoms with van der Waals surface area (Å²) in [6, 6.07) is 16.2. The van der Waals surface area contributed by atoms with Gasteiger partial charge in [0.2, 0.25) is 0 Å². The summed E-state index contributed by atoms with van der Waals surface area (Å²) in [4.78, 5) is 12.1. The van der Waals surface area contributed by atoms with Gasteiger partial charge in [0, 0.05) is 48.6 Å². The number of aromatic nitrogens is 1. The van der Waals surface area contributed by atoms with E-state index in [0.29, 0.717) is 12.1 Å². The molecule has 0 aliphatic heterocycles. The maximum Gasteiger partial charge on any atom is 0.253 e. The largest absolute Gasteiger partial charge is 0.380 e. The van der Waals surface area contributed by atoms with Gasteiger partial charge in [-0.3, -0.25) is 4.79 Å². The maximum absolute atomic E-state index is 12.1. The molecular formula is C23H26N4OS. The molecule has 150 valence electrons. The third kappa shape index (κ3) is 4.90. The van der Waals surface area contributed by atoms with Gasteiger partial charge in [-0.25, -0.2) is 0 Å². The summed E-state index contributed by atoms with van der Waals surface area (Å²) in [5.41, 5.74) is 6.41. The molecule has 3 rings (SSSR count). The monoisotopic (exact) mass is 406 g/mol. The van der Waals surface area contributed by atoms with E-state index in [9.17, 15) is 4.79 Å². The summed E-state index contributed by atoms with van der Waals surface area (Å²) in [6.07, 6.45) is 3.23. The minimum atomic E-state index is 0.00664. The van der Waals surface area contributed by atoms with Crippen molar-refractivity contribution in [2.75, 3.05) is 15.8 Å². The van der Waals surface area contributed by atoms with E-state index in [1.807, 2.05) is 49.5 Å². The molecule has 0 bridgehead atoms. The van der Waals surface area contributed by atoms with Crippen LogP contribution in [0.3, 0.4) is 0 Å². The normalized spacial score (nSPS) is 10.6. The Hall–Kier alpha value is -2.99. The topological polar surface area (TPSA) is 69.9 Å². The second-order valence-electron chi connectivity index (χ2n) is 6.83. The molecule has 1 heterocycles. The lowest BCUT2D eigenvalue weighted by atomic mass is 10.0. The van der Waals surface area contributed by atoms with E-state index >= 15 is 0 Å². The van der Waals surface area contributed by atoms with Gasteiger partial charge in [-0.2, -0.15) is 0 Å². The van der Waals surface area contributed by atoms with Crippen LogP contribution in [-0.4, -0.2) is 16.5 Å². The summed E-state index contributed by atoms with van der Waals surface area (Å²) in [7, 11) is 1.77. The third-order valence-corrected chi connectivity index (χ3v) is 5.33. The molecule has 0 saturated carbocycles. The van der Waals surface area contributed by atoms with Crippen molar-refractivity contribution < 1.29 is 0 Å². The zero-order chi connectivity index (χ0) is 20.8. The molecule has 0 aliphatic rings. The lowest BCUT2D eigenvalue weighted by molar-refractivity contribution is 0.851. The molecule has 0 radical (unpaired) electrons. The average molecular weight is 407 g/mol. The van der Waals surface area contributed by atoms with Crippen molar-refractivity contribution in [3.8, 4) is 11.1 Å². The van der Waals surface area contributed by atoms with Crippen molar-refractivity contribution in [2.45, 2.75) is 20.4 Å². The van der Waals surface area contributed by atoms with Crippen LogP contribution >= 0.6 is 11.9 Å². The first kappa shape index (κ1) is 20.7. The Labute approximate surface area is 175 Å². The molecule has 0 aliphatic carbocycles. The predicted octanol–water partition coefficient (Wildman–Crippen LogP) is 5.05. The molecule has 0 spiro atoms. The van der Waals surface area contributed by atoms with Crippen LogP contribution in [-0.2, 0) is 13.6 Å². The first-order valence-corrected chi connectivity index (χ1v) is 10.5. The molecule has 6 heteroatoms. The van der Waals surface area contributed by atoms with Gasteiger partial charge < -0.3 is 20.0 Å². The number of anilines is 2. The number of benzene rings is 2. The van der Waals surface area contributed by atoms with Gasteiger partial charge >= 0.3 is 0 Å². The fourth-order valence-electron chi connectivity index (χ4n) is 3.18. The molecule has 0 unspecified atom stereocenters.